The highest BCUT2D eigenvalue weighted by Crippen LogP contribution is 2.27. The van der Waals surface area contributed by atoms with Crippen LogP contribution in [0.5, 0.6) is 0 Å². The van der Waals surface area contributed by atoms with Gasteiger partial charge in [-0.25, -0.2) is 0 Å². The first-order valence-corrected chi connectivity index (χ1v) is 9.08. The summed E-state index contributed by atoms with van der Waals surface area (Å²) in [6.45, 7) is 4.54. The molecule has 1 amide bonds. The quantitative estimate of drug-likeness (QED) is 0.827. The lowest BCUT2D eigenvalue weighted by molar-refractivity contribution is 0.0734. The van der Waals surface area contributed by atoms with Crippen LogP contribution >= 0.6 is 11.6 Å². The molecule has 1 saturated heterocycles. The van der Waals surface area contributed by atoms with Crippen LogP contribution in [-0.2, 0) is 17.7 Å². The van der Waals surface area contributed by atoms with Gasteiger partial charge in [0.05, 0.1) is 13.2 Å². The molecular weight excluding hydrogens is 336 g/mol. The largest absolute Gasteiger partial charge is 0.378 e. The minimum Gasteiger partial charge on any atom is -0.378 e. The van der Waals surface area contributed by atoms with Gasteiger partial charge in [-0.1, -0.05) is 29.8 Å². The van der Waals surface area contributed by atoms with Gasteiger partial charge in [0.25, 0.3) is 5.91 Å². The second kappa shape index (κ2) is 7.06. The zero-order valence-electron chi connectivity index (χ0n) is 14.1. The van der Waals surface area contributed by atoms with Crippen molar-refractivity contribution in [3.8, 4) is 0 Å². The second-order valence-corrected chi connectivity index (χ2v) is 6.91. The Morgan fingerprint density at radius 2 is 1.84 bits per heavy atom. The number of carbonyl (C=O) groups is 1. The maximum atomic E-state index is 13.0. The number of nitrogens with zero attached hydrogens (tertiary/aromatic N) is 2. The molecule has 0 aromatic heterocycles. The van der Waals surface area contributed by atoms with Gasteiger partial charge in [0.1, 0.15) is 0 Å². The van der Waals surface area contributed by atoms with Crippen LogP contribution in [-0.4, -0.2) is 43.7 Å². The van der Waals surface area contributed by atoms with Crippen molar-refractivity contribution in [3.05, 3.63) is 64.2 Å². The van der Waals surface area contributed by atoms with Gasteiger partial charge in [-0.3, -0.25) is 4.79 Å². The third-order valence-corrected chi connectivity index (χ3v) is 5.32. The molecule has 0 saturated carbocycles. The molecule has 2 aromatic carbocycles. The van der Waals surface area contributed by atoms with Crippen molar-refractivity contribution in [3.63, 3.8) is 0 Å². The Bertz CT molecular complexity index is 787. The molecule has 4 rings (SSSR count). The Kier molecular flexibility index (Phi) is 4.64. The summed E-state index contributed by atoms with van der Waals surface area (Å²) in [7, 11) is 0. The molecule has 1 fully saturated rings. The van der Waals surface area contributed by atoms with Gasteiger partial charge in [0, 0.05) is 42.5 Å². The Labute approximate surface area is 152 Å². The predicted octanol–water partition coefficient (Wildman–Crippen LogP) is 3.38. The highest BCUT2D eigenvalue weighted by molar-refractivity contribution is 6.31. The summed E-state index contributed by atoms with van der Waals surface area (Å²) in [4.78, 5) is 17.2. The third kappa shape index (κ3) is 3.37. The van der Waals surface area contributed by atoms with Crippen molar-refractivity contribution in [1.82, 2.24) is 4.90 Å². The molecule has 130 valence electrons. The molecule has 0 unspecified atom stereocenters. The minimum atomic E-state index is 0.0840. The molecule has 5 heteroatoms. The number of morpholine rings is 1. The lowest BCUT2D eigenvalue weighted by Crippen LogP contribution is -2.37. The first-order valence-electron chi connectivity index (χ1n) is 8.71. The Balaban J connectivity index is 1.53. The number of hydrogen-bond donors (Lipinski definition) is 0. The Morgan fingerprint density at radius 3 is 2.68 bits per heavy atom. The van der Waals surface area contributed by atoms with E-state index in [2.05, 4.69) is 17.0 Å². The van der Waals surface area contributed by atoms with Gasteiger partial charge in [0.15, 0.2) is 0 Å². The van der Waals surface area contributed by atoms with Crippen LogP contribution in [0.25, 0.3) is 0 Å². The number of ether oxygens (including phenoxy) is 1. The summed E-state index contributed by atoms with van der Waals surface area (Å²) in [5.41, 5.74) is 4.16. The fourth-order valence-electron chi connectivity index (χ4n) is 3.58. The van der Waals surface area contributed by atoms with E-state index in [9.17, 15) is 4.79 Å². The van der Waals surface area contributed by atoms with Crippen LogP contribution in [0.2, 0.25) is 5.02 Å². The van der Waals surface area contributed by atoms with E-state index in [4.69, 9.17) is 16.3 Å². The van der Waals surface area contributed by atoms with Gasteiger partial charge in [-0.05, 0) is 41.8 Å². The van der Waals surface area contributed by atoms with E-state index in [-0.39, 0.29) is 5.91 Å². The highest BCUT2D eigenvalue weighted by atomic mass is 35.5. The molecular formula is C20H21ClN2O2. The molecule has 0 radical (unpaired) electrons. The average Bonchev–Trinajstić information content (AvgIpc) is 2.68. The van der Waals surface area contributed by atoms with E-state index in [1.165, 1.54) is 5.56 Å². The molecule has 4 nitrogen and oxygen atoms in total. The third-order valence-electron chi connectivity index (χ3n) is 4.97. The SMILES string of the molecule is O=C(c1cccc(N2CCOCC2)c1)N1CCc2c(Cl)cccc2C1. The Hall–Kier alpha value is -2.04. The molecule has 2 aromatic rings. The minimum absolute atomic E-state index is 0.0840. The van der Waals surface area contributed by atoms with E-state index in [0.29, 0.717) is 13.1 Å². The Morgan fingerprint density at radius 1 is 1.04 bits per heavy atom. The number of fused-ring (bicyclic) bond motifs is 1. The number of halogens is 1. The molecule has 25 heavy (non-hydrogen) atoms. The van der Waals surface area contributed by atoms with Crippen molar-refractivity contribution in [2.45, 2.75) is 13.0 Å². The van der Waals surface area contributed by atoms with E-state index in [1.54, 1.807) is 0 Å². The van der Waals surface area contributed by atoms with Crippen molar-refractivity contribution in [2.75, 3.05) is 37.7 Å². The van der Waals surface area contributed by atoms with Crippen LogP contribution in [0, 0.1) is 0 Å². The zero-order chi connectivity index (χ0) is 17.2. The van der Waals surface area contributed by atoms with Gasteiger partial charge < -0.3 is 14.5 Å². The van der Waals surface area contributed by atoms with Crippen LogP contribution in [0.15, 0.2) is 42.5 Å². The molecule has 0 atom stereocenters. The van der Waals surface area contributed by atoms with E-state index in [1.807, 2.05) is 35.2 Å². The number of amides is 1. The fourth-order valence-corrected chi connectivity index (χ4v) is 3.86. The molecule has 0 bridgehead atoms. The van der Waals surface area contributed by atoms with Crippen molar-refractivity contribution < 1.29 is 9.53 Å². The normalized spacial score (nSPS) is 17.3. The number of hydrogen-bond acceptors (Lipinski definition) is 3. The smallest absolute Gasteiger partial charge is 0.254 e. The van der Waals surface area contributed by atoms with Gasteiger partial charge in [-0.15, -0.1) is 0 Å². The van der Waals surface area contributed by atoms with Crippen molar-refractivity contribution >= 4 is 23.2 Å². The molecule has 0 aliphatic carbocycles. The lowest BCUT2D eigenvalue weighted by Gasteiger charge is -2.31. The summed E-state index contributed by atoms with van der Waals surface area (Å²) in [5, 5.41) is 0.805. The van der Waals surface area contributed by atoms with Gasteiger partial charge in [-0.2, -0.15) is 0 Å². The number of rotatable bonds is 2. The van der Waals surface area contributed by atoms with Gasteiger partial charge >= 0.3 is 0 Å². The maximum Gasteiger partial charge on any atom is 0.254 e. The first-order chi connectivity index (χ1) is 12.2. The molecule has 2 aliphatic heterocycles. The standard InChI is InChI=1S/C20H21ClN2O2/c21-19-6-2-4-16-14-23(8-7-18(16)19)20(24)15-3-1-5-17(13-15)22-9-11-25-12-10-22/h1-6,13H,7-12,14H2. The topological polar surface area (TPSA) is 32.8 Å². The van der Waals surface area contributed by atoms with Crippen LogP contribution in [0.4, 0.5) is 5.69 Å². The lowest BCUT2D eigenvalue weighted by atomic mass is 9.99. The van der Waals surface area contributed by atoms with E-state index < -0.39 is 0 Å². The molecule has 0 N–H and O–H groups in total. The first kappa shape index (κ1) is 16.4. The monoisotopic (exact) mass is 356 g/mol. The van der Waals surface area contributed by atoms with Crippen LogP contribution in [0.3, 0.4) is 0 Å². The summed E-state index contributed by atoms with van der Waals surface area (Å²) in [6.07, 6.45) is 0.809. The fraction of sp³-hybridized carbons (Fsp3) is 0.350. The maximum absolute atomic E-state index is 13.0. The van der Waals surface area contributed by atoms with Crippen LogP contribution in [0.1, 0.15) is 21.5 Å². The second-order valence-electron chi connectivity index (χ2n) is 6.50. The average molecular weight is 357 g/mol. The summed E-state index contributed by atoms with van der Waals surface area (Å²) < 4.78 is 5.41. The molecule has 2 heterocycles. The molecule has 0 spiro atoms. The predicted molar refractivity (Wildman–Crippen MR) is 99.4 cm³/mol. The van der Waals surface area contributed by atoms with E-state index in [0.717, 1.165) is 54.6 Å². The summed E-state index contributed by atoms with van der Waals surface area (Å²) in [6, 6.07) is 13.9. The van der Waals surface area contributed by atoms with Crippen molar-refractivity contribution in [2.24, 2.45) is 0 Å². The summed E-state index contributed by atoms with van der Waals surface area (Å²) in [5.74, 6) is 0.0840. The van der Waals surface area contributed by atoms with Crippen molar-refractivity contribution in [1.29, 1.82) is 0 Å². The van der Waals surface area contributed by atoms with Gasteiger partial charge in [0.2, 0.25) is 0 Å². The van der Waals surface area contributed by atoms with E-state index >= 15 is 0 Å². The molecule has 2 aliphatic rings. The van der Waals surface area contributed by atoms with Crippen LogP contribution < -0.4 is 4.90 Å². The number of benzene rings is 2. The summed E-state index contributed by atoms with van der Waals surface area (Å²) >= 11 is 6.27. The zero-order valence-corrected chi connectivity index (χ0v) is 14.8. The number of anilines is 1. The number of carbonyl (C=O) groups excluding carboxylic acids is 1. The highest BCUT2D eigenvalue weighted by Gasteiger charge is 2.23.